The molecule has 1 aliphatic carbocycles. The van der Waals surface area contributed by atoms with Crippen molar-refractivity contribution >= 4 is 17.6 Å². The molecule has 1 aromatic rings. The highest BCUT2D eigenvalue weighted by Crippen LogP contribution is 2.41. The minimum absolute atomic E-state index is 0.476. The second-order valence-corrected chi connectivity index (χ2v) is 4.41. The van der Waals surface area contributed by atoms with E-state index < -0.39 is 0 Å². The topological polar surface area (TPSA) is 36.4 Å². The second kappa shape index (κ2) is 4.74. The SMILES string of the molecule is CN=C(NC)NC1CC1c1cccc(Cl)c1. The van der Waals surface area contributed by atoms with Gasteiger partial charge in [-0.1, -0.05) is 23.7 Å². The van der Waals surface area contributed by atoms with Gasteiger partial charge in [0.1, 0.15) is 0 Å². The molecule has 3 nitrogen and oxygen atoms in total. The van der Waals surface area contributed by atoms with Gasteiger partial charge in [-0.05, 0) is 24.1 Å². The molecule has 2 atom stereocenters. The zero-order valence-electron chi connectivity index (χ0n) is 9.50. The minimum atomic E-state index is 0.476. The van der Waals surface area contributed by atoms with Gasteiger partial charge in [0, 0.05) is 31.1 Å². The zero-order valence-corrected chi connectivity index (χ0v) is 10.3. The fraction of sp³-hybridized carbons (Fsp3) is 0.417. The molecule has 0 aromatic heterocycles. The van der Waals surface area contributed by atoms with Crippen LogP contribution in [-0.2, 0) is 0 Å². The van der Waals surface area contributed by atoms with Gasteiger partial charge in [0.15, 0.2) is 5.96 Å². The van der Waals surface area contributed by atoms with Crippen LogP contribution < -0.4 is 10.6 Å². The molecule has 16 heavy (non-hydrogen) atoms. The van der Waals surface area contributed by atoms with Crippen molar-refractivity contribution < 1.29 is 0 Å². The molecule has 0 saturated heterocycles. The van der Waals surface area contributed by atoms with Crippen LogP contribution in [0.15, 0.2) is 29.3 Å². The Morgan fingerprint density at radius 1 is 1.50 bits per heavy atom. The lowest BCUT2D eigenvalue weighted by Gasteiger charge is -2.08. The Morgan fingerprint density at radius 2 is 2.31 bits per heavy atom. The first-order chi connectivity index (χ1) is 7.74. The first kappa shape index (κ1) is 11.3. The first-order valence-corrected chi connectivity index (χ1v) is 5.79. The zero-order chi connectivity index (χ0) is 11.5. The standard InChI is InChI=1S/C12H16ClN3/c1-14-12(15-2)16-11-7-10(11)8-4-3-5-9(13)6-8/h3-6,10-11H,7H2,1-2H3,(H2,14,15,16). The highest BCUT2D eigenvalue weighted by Gasteiger charge is 2.38. The number of aliphatic imine (C=N–C) groups is 1. The maximum Gasteiger partial charge on any atom is 0.190 e. The lowest BCUT2D eigenvalue weighted by Crippen LogP contribution is -2.36. The van der Waals surface area contributed by atoms with Gasteiger partial charge in [-0.15, -0.1) is 0 Å². The van der Waals surface area contributed by atoms with E-state index >= 15 is 0 Å². The molecule has 0 heterocycles. The Morgan fingerprint density at radius 3 is 2.94 bits per heavy atom. The fourth-order valence-electron chi connectivity index (χ4n) is 1.88. The molecule has 2 rings (SSSR count). The number of guanidine groups is 1. The first-order valence-electron chi connectivity index (χ1n) is 5.41. The molecular weight excluding hydrogens is 222 g/mol. The summed E-state index contributed by atoms with van der Waals surface area (Å²) >= 11 is 5.97. The van der Waals surface area contributed by atoms with Crippen molar-refractivity contribution in [2.45, 2.75) is 18.4 Å². The summed E-state index contributed by atoms with van der Waals surface area (Å²) in [5.41, 5.74) is 1.30. The lowest BCUT2D eigenvalue weighted by atomic mass is 10.1. The van der Waals surface area contributed by atoms with E-state index in [1.54, 1.807) is 7.05 Å². The van der Waals surface area contributed by atoms with E-state index in [-0.39, 0.29) is 0 Å². The van der Waals surface area contributed by atoms with Crippen LogP contribution in [0, 0.1) is 0 Å². The van der Waals surface area contributed by atoms with E-state index in [2.05, 4.69) is 21.7 Å². The number of hydrogen-bond donors (Lipinski definition) is 2. The molecular formula is C12H16ClN3. The van der Waals surface area contributed by atoms with Crippen LogP contribution in [0.2, 0.25) is 5.02 Å². The van der Waals surface area contributed by atoms with Crippen molar-refractivity contribution in [2.24, 2.45) is 4.99 Å². The summed E-state index contributed by atoms with van der Waals surface area (Å²) in [5.74, 6) is 1.40. The van der Waals surface area contributed by atoms with Crippen LogP contribution in [0.4, 0.5) is 0 Å². The second-order valence-electron chi connectivity index (χ2n) is 3.97. The highest BCUT2D eigenvalue weighted by molar-refractivity contribution is 6.30. The van der Waals surface area contributed by atoms with Crippen LogP contribution in [0.25, 0.3) is 0 Å². The van der Waals surface area contributed by atoms with Gasteiger partial charge in [0.2, 0.25) is 0 Å². The summed E-state index contributed by atoms with van der Waals surface area (Å²) < 4.78 is 0. The molecule has 1 aliphatic rings. The van der Waals surface area contributed by atoms with Gasteiger partial charge in [-0.25, -0.2) is 0 Å². The van der Waals surface area contributed by atoms with Crippen LogP contribution in [0.5, 0.6) is 0 Å². The van der Waals surface area contributed by atoms with Crippen LogP contribution in [0.1, 0.15) is 17.9 Å². The third-order valence-corrected chi connectivity index (χ3v) is 3.08. The number of rotatable bonds is 2. The van der Waals surface area contributed by atoms with Crippen molar-refractivity contribution in [1.29, 1.82) is 0 Å². The average molecular weight is 238 g/mol. The molecule has 0 bridgehead atoms. The number of hydrogen-bond acceptors (Lipinski definition) is 1. The predicted molar refractivity (Wildman–Crippen MR) is 68.2 cm³/mol. The van der Waals surface area contributed by atoms with E-state index in [0.29, 0.717) is 12.0 Å². The van der Waals surface area contributed by atoms with Gasteiger partial charge in [0.05, 0.1) is 0 Å². The van der Waals surface area contributed by atoms with Gasteiger partial charge in [0.25, 0.3) is 0 Å². The Balaban J connectivity index is 1.96. The van der Waals surface area contributed by atoms with Crippen molar-refractivity contribution in [3.8, 4) is 0 Å². The van der Waals surface area contributed by atoms with Gasteiger partial charge >= 0.3 is 0 Å². The van der Waals surface area contributed by atoms with Crippen LogP contribution in [-0.4, -0.2) is 26.1 Å². The number of nitrogens with one attached hydrogen (secondary N) is 2. The Kier molecular flexibility index (Phi) is 3.34. The minimum Gasteiger partial charge on any atom is -0.359 e. The maximum absolute atomic E-state index is 5.97. The van der Waals surface area contributed by atoms with E-state index in [4.69, 9.17) is 11.6 Å². The lowest BCUT2D eigenvalue weighted by molar-refractivity contribution is 0.831. The van der Waals surface area contributed by atoms with Crippen molar-refractivity contribution in [1.82, 2.24) is 10.6 Å². The summed E-state index contributed by atoms with van der Waals surface area (Å²) in [6, 6.07) is 8.54. The van der Waals surface area contributed by atoms with Crippen molar-refractivity contribution in [3.63, 3.8) is 0 Å². The molecule has 0 radical (unpaired) electrons. The number of halogens is 1. The average Bonchev–Trinajstić information content (AvgIpc) is 3.05. The third kappa shape index (κ3) is 2.47. The molecule has 86 valence electrons. The van der Waals surface area contributed by atoms with E-state index in [1.165, 1.54) is 5.56 Å². The van der Waals surface area contributed by atoms with Gasteiger partial charge in [-0.3, -0.25) is 4.99 Å². The molecule has 1 saturated carbocycles. The molecule has 1 aromatic carbocycles. The molecule has 4 heteroatoms. The fourth-order valence-corrected chi connectivity index (χ4v) is 2.08. The van der Waals surface area contributed by atoms with Crippen molar-refractivity contribution in [3.05, 3.63) is 34.9 Å². The van der Waals surface area contributed by atoms with E-state index in [9.17, 15) is 0 Å². The van der Waals surface area contributed by atoms with Crippen LogP contribution >= 0.6 is 11.6 Å². The summed E-state index contributed by atoms with van der Waals surface area (Å²) in [6.45, 7) is 0. The van der Waals surface area contributed by atoms with E-state index in [1.807, 2.05) is 25.2 Å². The van der Waals surface area contributed by atoms with Gasteiger partial charge < -0.3 is 10.6 Å². The normalized spacial score (nSPS) is 24.1. The van der Waals surface area contributed by atoms with Gasteiger partial charge in [-0.2, -0.15) is 0 Å². The highest BCUT2D eigenvalue weighted by atomic mass is 35.5. The molecule has 0 spiro atoms. The maximum atomic E-state index is 5.97. The third-order valence-electron chi connectivity index (χ3n) is 2.85. The Hall–Kier alpha value is -1.22. The quantitative estimate of drug-likeness (QED) is 0.610. The van der Waals surface area contributed by atoms with Crippen LogP contribution in [0.3, 0.4) is 0 Å². The monoisotopic (exact) mass is 237 g/mol. The summed E-state index contributed by atoms with van der Waals surface area (Å²) in [5, 5.41) is 7.18. The molecule has 0 amide bonds. The van der Waals surface area contributed by atoms with E-state index in [0.717, 1.165) is 17.4 Å². The summed E-state index contributed by atoms with van der Waals surface area (Å²) in [6.07, 6.45) is 1.14. The molecule has 2 N–H and O–H groups in total. The Bertz CT molecular complexity index is 403. The predicted octanol–water partition coefficient (Wildman–Crippen LogP) is 1.99. The van der Waals surface area contributed by atoms with Crippen molar-refractivity contribution in [2.75, 3.05) is 14.1 Å². The summed E-state index contributed by atoms with van der Waals surface area (Å²) in [7, 11) is 3.64. The Labute approximate surface area is 101 Å². The number of benzene rings is 1. The molecule has 1 fully saturated rings. The number of nitrogens with zero attached hydrogens (tertiary/aromatic N) is 1. The molecule has 2 unspecified atom stereocenters. The summed E-state index contributed by atoms with van der Waals surface area (Å²) in [4.78, 5) is 4.10. The largest absolute Gasteiger partial charge is 0.359 e. The smallest absolute Gasteiger partial charge is 0.190 e. The molecule has 0 aliphatic heterocycles.